The van der Waals surface area contributed by atoms with Crippen LogP contribution in [-0.4, -0.2) is 43.9 Å². The van der Waals surface area contributed by atoms with Gasteiger partial charge in [0.1, 0.15) is 17.6 Å². The molecule has 6 nitrogen and oxygen atoms in total. The Kier molecular flexibility index (Phi) is 5.12. The maximum atomic E-state index is 14.4. The second-order valence-electron chi connectivity index (χ2n) is 5.49. The number of aliphatic hydroxyl groups excluding tert-OH is 1. The highest BCUT2D eigenvalue weighted by Gasteiger charge is 2.20. The van der Waals surface area contributed by atoms with Gasteiger partial charge in [-0.25, -0.2) is 4.39 Å². The fraction of sp³-hybridized carbons (Fsp3) is 0.353. The first kappa shape index (κ1) is 16.5. The molecule has 1 aromatic carbocycles. The van der Waals surface area contributed by atoms with Gasteiger partial charge in [-0.2, -0.15) is 0 Å². The van der Waals surface area contributed by atoms with Crippen molar-refractivity contribution in [3.63, 3.8) is 0 Å². The normalized spacial score (nSPS) is 16.0. The van der Waals surface area contributed by atoms with E-state index in [1.165, 1.54) is 12.3 Å². The van der Waals surface area contributed by atoms with E-state index < -0.39 is 17.8 Å². The molecule has 0 radical (unpaired) electrons. The number of anilines is 1. The first-order valence-electron chi connectivity index (χ1n) is 7.76. The molecule has 1 aliphatic heterocycles. The minimum absolute atomic E-state index is 0.189. The van der Waals surface area contributed by atoms with Crippen LogP contribution in [0.1, 0.15) is 22.2 Å². The van der Waals surface area contributed by atoms with Gasteiger partial charge in [-0.05, 0) is 30.3 Å². The highest BCUT2D eigenvalue weighted by Crippen LogP contribution is 2.22. The van der Waals surface area contributed by atoms with Gasteiger partial charge < -0.3 is 24.5 Å². The van der Waals surface area contributed by atoms with E-state index in [0.29, 0.717) is 37.8 Å². The molecule has 1 aromatic heterocycles. The topological polar surface area (TPSA) is 74.9 Å². The first-order valence-corrected chi connectivity index (χ1v) is 7.76. The second-order valence-corrected chi connectivity index (χ2v) is 5.49. The minimum Gasteiger partial charge on any atom is -0.467 e. The van der Waals surface area contributed by atoms with Crippen LogP contribution in [0.2, 0.25) is 0 Å². The molecular weight excluding hydrogens is 315 g/mol. The number of rotatable bonds is 5. The molecule has 2 aromatic rings. The third-order valence-electron chi connectivity index (χ3n) is 3.94. The molecule has 2 N–H and O–H groups in total. The summed E-state index contributed by atoms with van der Waals surface area (Å²) in [5.74, 6) is -0.489. The molecule has 128 valence electrons. The van der Waals surface area contributed by atoms with Crippen molar-refractivity contribution in [2.24, 2.45) is 0 Å². The van der Waals surface area contributed by atoms with Crippen LogP contribution < -0.4 is 10.2 Å². The van der Waals surface area contributed by atoms with E-state index in [2.05, 4.69) is 5.32 Å². The summed E-state index contributed by atoms with van der Waals surface area (Å²) in [6, 6.07) is 7.02. The number of carbonyl (C=O) groups excluding carboxylic acids is 1. The van der Waals surface area contributed by atoms with Gasteiger partial charge in [0, 0.05) is 18.7 Å². The smallest absolute Gasteiger partial charge is 0.252 e. The summed E-state index contributed by atoms with van der Waals surface area (Å²) in [4.78, 5) is 14.2. The third kappa shape index (κ3) is 3.58. The maximum absolute atomic E-state index is 14.4. The quantitative estimate of drug-likeness (QED) is 0.871. The van der Waals surface area contributed by atoms with Gasteiger partial charge in [0.25, 0.3) is 5.91 Å². The van der Waals surface area contributed by atoms with Crippen molar-refractivity contribution in [2.45, 2.75) is 6.04 Å². The highest BCUT2D eigenvalue weighted by molar-refractivity contribution is 5.94. The molecule has 3 rings (SSSR count). The molecule has 1 fully saturated rings. The van der Waals surface area contributed by atoms with Gasteiger partial charge >= 0.3 is 0 Å². The third-order valence-corrected chi connectivity index (χ3v) is 3.94. The van der Waals surface area contributed by atoms with Crippen molar-refractivity contribution in [3.8, 4) is 0 Å². The number of hydrogen-bond donors (Lipinski definition) is 2. The SMILES string of the molecule is O=C(NC(CO)c1ccco1)c1ccc(N2CCOCC2)c(F)c1. The van der Waals surface area contributed by atoms with Crippen molar-refractivity contribution in [3.05, 3.63) is 53.7 Å². The zero-order chi connectivity index (χ0) is 16.9. The van der Waals surface area contributed by atoms with E-state index in [1.54, 1.807) is 24.3 Å². The number of benzene rings is 1. The van der Waals surface area contributed by atoms with Crippen molar-refractivity contribution in [1.29, 1.82) is 0 Å². The predicted molar refractivity (Wildman–Crippen MR) is 85.4 cm³/mol. The van der Waals surface area contributed by atoms with Gasteiger partial charge in [-0.1, -0.05) is 0 Å². The molecule has 2 heterocycles. The molecule has 0 saturated carbocycles. The zero-order valence-electron chi connectivity index (χ0n) is 13.1. The summed E-state index contributed by atoms with van der Waals surface area (Å²) in [6.07, 6.45) is 1.46. The highest BCUT2D eigenvalue weighted by atomic mass is 19.1. The van der Waals surface area contributed by atoms with Crippen LogP contribution in [0.3, 0.4) is 0 Å². The summed E-state index contributed by atoms with van der Waals surface area (Å²) in [5, 5.41) is 12.0. The number of ether oxygens (including phenoxy) is 1. The summed E-state index contributed by atoms with van der Waals surface area (Å²) < 4.78 is 24.8. The van der Waals surface area contributed by atoms with Crippen LogP contribution in [0, 0.1) is 5.82 Å². The lowest BCUT2D eigenvalue weighted by molar-refractivity contribution is 0.0907. The number of morpholine rings is 1. The van der Waals surface area contributed by atoms with Crippen LogP contribution in [0.4, 0.5) is 10.1 Å². The molecule has 1 saturated heterocycles. The Morgan fingerprint density at radius 3 is 2.75 bits per heavy atom. The van der Waals surface area contributed by atoms with E-state index in [0.717, 1.165) is 0 Å². The second kappa shape index (κ2) is 7.46. The van der Waals surface area contributed by atoms with Crippen LogP contribution >= 0.6 is 0 Å². The summed E-state index contributed by atoms with van der Waals surface area (Å²) >= 11 is 0. The average molecular weight is 334 g/mol. The molecule has 1 unspecified atom stereocenters. The first-order chi connectivity index (χ1) is 11.7. The van der Waals surface area contributed by atoms with Gasteiger partial charge in [-0.15, -0.1) is 0 Å². The van der Waals surface area contributed by atoms with Crippen LogP contribution in [-0.2, 0) is 4.74 Å². The van der Waals surface area contributed by atoms with Crippen LogP contribution in [0.25, 0.3) is 0 Å². The summed E-state index contributed by atoms with van der Waals surface area (Å²) in [7, 11) is 0. The minimum atomic E-state index is -0.672. The number of carbonyl (C=O) groups is 1. The molecule has 1 aliphatic rings. The number of furan rings is 1. The van der Waals surface area contributed by atoms with Crippen molar-refractivity contribution >= 4 is 11.6 Å². The van der Waals surface area contributed by atoms with E-state index in [9.17, 15) is 14.3 Å². The number of nitrogens with zero attached hydrogens (tertiary/aromatic N) is 1. The predicted octanol–water partition coefficient (Wildman–Crippen LogP) is 1.72. The lowest BCUT2D eigenvalue weighted by Gasteiger charge is -2.29. The van der Waals surface area contributed by atoms with Gasteiger partial charge in [0.2, 0.25) is 0 Å². The number of aliphatic hydroxyl groups is 1. The number of nitrogens with one attached hydrogen (secondary N) is 1. The van der Waals surface area contributed by atoms with Gasteiger partial charge in [-0.3, -0.25) is 4.79 Å². The molecule has 1 amide bonds. The van der Waals surface area contributed by atoms with Crippen LogP contribution in [0.5, 0.6) is 0 Å². The molecule has 0 aliphatic carbocycles. The lowest BCUT2D eigenvalue weighted by atomic mass is 10.1. The molecule has 1 atom stereocenters. The Hall–Kier alpha value is -2.38. The fourth-order valence-corrected chi connectivity index (χ4v) is 2.65. The van der Waals surface area contributed by atoms with Crippen LogP contribution in [0.15, 0.2) is 41.0 Å². The molecular formula is C17H19FN2O4. The average Bonchev–Trinajstić information content (AvgIpc) is 3.14. The Morgan fingerprint density at radius 2 is 2.12 bits per heavy atom. The Balaban J connectivity index is 1.72. The molecule has 24 heavy (non-hydrogen) atoms. The van der Waals surface area contributed by atoms with Gasteiger partial charge in [0.05, 0.1) is 31.8 Å². The standard InChI is InChI=1S/C17H19FN2O4/c18-13-10-12(3-4-15(13)20-5-8-23-9-6-20)17(22)19-14(11-21)16-2-1-7-24-16/h1-4,7,10,14,21H,5-6,8-9,11H2,(H,19,22). The van der Waals surface area contributed by atoms with Gasteiger partial charge in [0.15, 0.2) is 0 Å². The Morgan fingerprint density at radius 1 is 1.33 bits per heavy atom. The summed E-state index contributed by atoms with van der Waals surface area (Å²) in [5.41, 5.74) is 0.647. The number of amides is 1. The Bertz CT molecular complexity index is 684. The van der Waals surface area contributed by atoms with E-state index >= 15 is 0 Å². The fourth-order valence-electron chi connectivity index (χ4n) is 2.65. The summed E-state index contributed by atoms with van der Waals surface area (Å²) in [6.45, 7) is 2.04. The van der Waals surface area contributed by atoms with E-state index in [-0.39, 0.29) is 12.2 Å². The van der Waals surface area contributed by atoms with Crippen molar-refractivity contribution in [1.82, 2.24) is 5.32 Å². The van der Waals surface area contributed by atoms with Crippen molar-refractivity contribution in [2.75, 3.05) is 37.8 Å². The molecule has 0 spiro atoms. The zero-order valence-corrected chi connectivity index (χ0v) is 13.1. The monoisotopic (exact) mass is 334 g/mol. The maximum Gasteiger partial charge on any atom is 0.252 e. The number of hydrogen-bond acceptors (Lipinski definition) is 5. The number of halogens is 1. The molecule has 7 heteroatoms. The van der Waals surface area contributed by atoms with E-state index in [4.69, 9.17) is 9.15 Å². The van der Waals surface area contributed by atoms with E-state index in [1.807, 2.05) is 4.90 Å². The Labute approximate surface area is 138 Å². The lowest BCUT2D eigenvalue weighted by Crippen LogP contribution is -2.37. The van der Waals surface area contributed by atoms with Crippen molar-refractivity contribution < 1.29 is 23.4 Å². The molecule has 0 bridgehead atoms. The largest absolute Gasteiger partial charge is 0.467 e.